The Kier molecular flexibility index (Phi) is 3.06. The third kappa shape index (κ3) is 2.01. The van der Waals surface area contributed by atoms with E-state index in [2.05, 4.69) is 14.7 Å². The zero-order chi connectivity index (χ0) is 10.6. The van der Waals surface area contributed by atoms with Gasteiger partial charge in [0.15, 0.2) is 0 Å². The minimum atomic E-state index is -3.71. The van der Waals surface area contributed by atoms with E-state index in [-0.39, 0.29) is 6.61 Å². The number of carbonyl (C=O) groups is 1. The first-order valence-electron chi connectivity index (χ1n) is 3.90. The van der Waals surface area contributed by atoms with Crippen LogP contribution in [0.5, 0.6) is 0 Å². The average molecular weight is 202 g/mol. The molecule has 0 aromatic carbocycles. The molecule has 0 radical (unpaired) electrons. The summed E-state index contributed by atoms with van der Waals surface area (Å²) in [5.74, 6) is -5.31. The molecule has 0 N–H and O–H groups in total. The van der Waals surface area contributed by atoms with Gasteiger partial charge in [-0.1, -0.05) is 0 Å². The van der Waals surface area contributed by atoms with Gasteiger partial charge in [0, 0.05) is 6.20 Å². The van der Waals surface area contributed by atoms with Crippen molar-refractivity contribution in [3.63, 3.8) is 0 Å². The lowest BCUT2D eigenvalue weighted by atomic mass is 10.2. The fourth-order valence-corrected chi connectivity index (χ4v) is 0.803. The van der Waals surface area contributed by atoms with Crippen molar-refractivity contribution in [1.82, 2.24) is 9.97 Å². The summed E-state index contributed by atoms with van der Waals surface area (Å²) in [6.07, 6.45) is 2.08. The normalized spacial score (nSPS) is 11.1. The number of alkyl halides is 2. The van der Waals surface area contributed by atoms with E-state index in [1.807, 2.05) is 0 Å². The van der Waals surface area contributed by atoms with Gasteiger partial charge in [-0.3, -0.25) is 0 Å². The summed E-state index contributed by atoms with van der Waals surface area (Å²) in [5.41, 5.74) is -0.661. The topological polar surface area (TPSA) is 52.1 Å². The zero-order valence-electron chi connectivity index (χ0n) is 7.41. The van der Waals surface area contributed by atoms with Gasteiger partial charge in [-0.05, 0) is 13.0 Å². The minimum Gasteiger partial charge on any atom is -0.461 e. The lowest BCUT2D eigenvalue weighted by Gasteiger charge is -2.12. The molecule has 0 fully saturated rings. The molecule has 0 atom stereocenters. The van der Waals surface area contributed by atoms with Gasteiger partial charge in [-0.25, -0.2) is 14.8 Å². The van der Waals surface area contributed by atoms with E-state index in [0.717, 1.165) is 18.6 Å². The second-order valence-corrected chi connectivity index (χ2v) is 2.39. The first-order chi connectivity index (χ1) is 6.59. The Morgan fingerprint density at radius 2 is 2.36 bits per heavy atom. The third-order valence-corrected chi connectivity index (χ3v) is 1.44. The van der Waals surface area contributed by atoms with Crippen molar-refractivity contribution in [2.45, 2.75) is 12.8 Å². The Morgan fingerprint density at radius 3 is 2.86 bits per heavy atom. The number of aromatic nitrogens is 2. The molecular formula is C8H8F2N2O2. The van der Waals surface area contributed by atoms with Gasteiger partial charge in [0.05, 0.1) is 6.61 Å². The number of ether oxygens (including phenoxy) is 1. The van der Waals surface area contributed by atoms with Crippen LogP contribution in [0, 0.1) is 0 Å². The maximum Gasteiger partial charge on any atom is 0.384 e. The average Bonchev–Trinajstić information content (AvgIpc) is 2.19. The van der Waals surface area contributed by atoms with Crippen LogP contribution in [0.25, 0.3) is 0 Å². The van der Waals surface area contributed by atoms with Crippen LogP contribution in [0.3, 0.4) is 0 Å². The fourth-order valence-electron chi connectivity index (χ4n) is 0.803. The molecule has 0 aliphatic rings. The summed E-state index contributed by atoms with van der Waals surface area (Å²) >= 11 is 0. The highest BCUT2D eigenvalue weighted by atomic mass is 19.3. The highest BCUT2D eigenvalue weighted by Gasteiger charge is 2.44. The molecule has 0 bridgehead atoms. The number of rotatable bonds is 3. The standard InChI is InChI=1S/C8H8F2N2O2/c1-2-14-7(13)8(9,10)6-3-4-11-5-12-6/h3-5H,2H2,1H3. The summed E-state index contributed by atoms with van der Waals surface area (Å²) < 4.78 is 30.6. The number of esters is 1. The van der Waals surface area contributed by atoms with E-state index in [1.54, 1.807) is 0 Å². The maximum absolute atomic E-state index is 13.2. The lowest BCUT2D eigenvalue weighted by Crippen LogP contribution is -2.29. The first kappa shape index (κ1) is 10.5. The molecule has 0 saturated heterocycles. The predicted molar refractivity (Wildman–Crippen MR) is 42.6 cm³/mol. The van der Waals surface area contributed by atoms with Crippen LogP contribution in [0.15, 0.2) is 18.6 Å². The maximum atomic E-state index is 13.2. The van der Waals surface area contributed by atoms with Gasteiger partial charge in [0.1, 0.15) is 12.0 Å². The number of carbonyl (C=O) groups excluding carboxylic acids is 1. The zero-order valence-corrected chi connectivity index (χ0v) is 7.41. The van der Waals surface area contributed by atoms with Crippen LogP contribution in [0.1, 0.15) is 12.6 Å². The van der Waals surface area contributed by atoms with Crippen molar-refractivity contribution in [2.75, 3.05) is 6.61 Å². The smallest absolute Gasteiger partial charge is 0.384 e. The van der Waals surface area contributed by atoms with Gasteiger partial charge in [0.25, 0.3) is 0 Å². The molecule has 0 amide bonds. The molecule has 0 spiro atoms. The van der Waals surface area contributed by atoms with Crippen molar-refractivity contribution < 1.29 is 18.3 Å². The van der Waals surface area contributed by atoms with Crippen LogP contribution in [0.4, 0.5) is 8.78 Å². The lowest BCUT2D eigenvalue weighted by molar-refractivity contribution is -0.173. The van der Waals surface area contributed by atoms with Crippen LogP contribution in [-0.4, -0.2) is 22.5 Å². The second-order valence-electron chi connectivity index (χ2n) is 2.39. The summed E-state index contributed by atoms with van der Waals surface area (Å²) in [5, 5.41) is 0. The summed E-state index contributed by atoms with van der Waals surface area (Å²) in [6.45, 7) is 1.35. The van der Waals surface area contributed by atoms with Crippen LogP contribution in [0.2, 0.25) is 0 Å². The summed E-state index contributed by atoms with van der Waals surface area (Å²) in [6, 6.07) is 0.969. The molecule has 1 heterocycles. The molecule has 0 unspecified atom stereocenters. The Balaban J connectivity index is 2.90. The van der Waals surface area contributed by atoms with Gasteiger partial charge >= 0.3 is 11.9 Å². The van der Waals surface area contributed by atoms with E-state index >= 15 is 0 Å². The molecule has 0 aliphatic carbocycles. The van der Waals surface area contributed by atoms with Gasteiger partial charge in [-0.2, -0.15) is 8.78 Å². The Hall–Kier alpha value is -1.59. The van der Waals surface area contributed by atoms with E-state index in [1.165, 1.54) is 6.92 Å². The minimum absolute atomic E-state index is 0.0977. The number of nitrogens with zero attached hydrogens (tertiary/aromatic N) is 2. The van der Waals surface area contributed by atoms with E-state index in [0.29, 0.717) is 0 Å². The molecule has 14 heavy (non-hydrogen) atoms. The van der Waals surface area contributed by atoms with Gasteiger partial charge in [0.2, 0.25) is 0 Å². The van der Waals surface area contributed by atoms with E-state index in [4.69, 9.17) is 0 Å². The van der Waals surface area contributed by atoms with Crippen LogP contribution in [-0.2, 0) is 15.5 Å². The molecule has 76 valence electrons. The number of halogens is 2. The first-order valence-corrected chi connectivity index (χ1v) is 3.90. The highest BCUT2D eigenvalue weighted by molar-refractivity contribution is 5.78. The third-order valence-electron chi connectivity index (χ3n) is 1.44. The van der Waals surface area contributed by atoms with Crippen molar-refractivity contribution in [2.24, 2.45) is 0 Å². The number of hydrogen-bond acceptors (Lipinski definition) is 4. The summed E-state index contributed by atoms with van der Waals surface area (Å²) in [4.78, 5) is 17.6. The molecule has 0 aliphatic heterocycles. The molecule has 1 aromatic heterocycles. The quantitative estimate of drug-likeness (QED) is 0.689. The Morgan fingerprint density at radius 1 is 1.64 bits per heavy atom. The largest absolute Gasteiger partial charge is 0.461 e. The summed E-state index contributed by atoms with van der Waals surface area (Å²) in [7, 11) is 0. The predicted octanol–water partition coefficient (Wildman–Crippen LogP) is 1.13. The van der Waals surface area contributed by atoms with Crippen molar-refractivity contribution in [1.29, 1.82) is 0 Å². The van der Waals surface area contributed by atoms with Crippen molar-refractivity contribution in [3.8, 4) is 0 Å². The van der Waals surface area contributed by atoms with Gasteiger partial charge < -0.3 is 4.74 Å². The van der Waals surface area contributed by atoms with Crippen LogP contribution >= 0.6 is 0 Å². The second kappa shape index (κ2) is 4.08. The molecule has 1 rings (SSSR count). The Bertz CT molecular complexity index is 316. The monoisotopic (exact) mass is 202 g/mol. The molecule has 0 saturated carbocycles. The SMILES string of the molecule is CCOC(=O)C(F)(F)c1ccncn1. The van der Waals surface area contributed by atoms with Crippen molar-refractivity contribution >= 4 is 5.97 Å². The number of hydrogen-bond donors (Lipinski definition) is 0. The van der Waals surface area contributed by atoms with E-state index in [9.17, 15) is 13.6 Å². The van der Waals surface area contributed by atoms with Crippen LogP contribution < -0.4 is 0 Å². The van der Waals surface area contributed by atoms with Gasteiger partial charge in [-0.15, -0.1) is 0 Å². The van der Waals surface area contributed by atoms with E-state index < -0.39 is 17.6 Å². The molecule has 6 heteroatoms. The van der Waals surface area contributed by atoms with Crippen molar-refractivity contribution in [3.05, 3.63) is 24.3 Å². The highest BCUT2D eigenvalue weighted by Crippen LogP contribution is 2.26. The fraction of sp³-hybridized carbons (Fsp3) is 0.375. The molecule has 4 nitrogen and oxygen atoms in total. The molecular weight excluding hydrogens is 194 g/mol. The molecule has 1 aromatic rings. The Labute approximate surface area is 78.9 Å².